The van der Waals surface area contributed by atoms with Crippen molar-refractivity contribution in [2.24, 2.45) is 0 Å². The van der Waals surface area contributed by atoms with Crippen molar-refractivity contribution >= 4 is 45.3 Å². The average molecular weight is 332 g/mol. The molecule has 1 aromatic carbocycles. The number of piperazine rings is 1. The minimum Gasteiger partial charge on any atom is -0.320 e. The van der Waals surface area contributed by atoms with Crippen molar-refractivity contribution in [2.75, 3.05) is 13.1 Å². The lowest BCUT2D eigenvalue weighted by Crippen LogP contribution is -2.53. The van der Waals surface area contributed by atoms with Crippen LogP contribution in [0.15, 0.2) is 22.7 Å². The molecule has 1 aliphatic rings. The zero-order valence-corrected chi connectivity index (χ0v) is 11.4. The van der Waals surface area contributed by atoms with Gasteiger partial charge in [0, 0.05) is 9.50 Å². The molecular weight excluding hydrogens is 323 g/mol. The van der Waals surface area contributed by atoms with Gasteiger partial charge in [0.1, 0.15) is 13.1 Å². The van der Waals surface area contributed by atoms with Gasteiger partial charge in [-0.15, -0.1) is 0 Å². The Hall–Kier alpha value is -1.40. The van der Waals surface area contributed by atoms with Gasteiger partial charge < -0.3 is 4.90 Å². The summed E-state index contributed by atoms with van der Waals surface area (Å²) < 4.78 is 0.565. The fourth-order valence-electron chi connectivity index (χ4n) is 1.61. The Morgan fingerprint density at radius 1 is 1.28 bits per heavy atom. The molecule has 18 heavy (non-hydrogen) atoms. The molecule has 94 valence electrons. The molecule has 1 aliphatic heterocycles. The topological polar surface area (TPSA) is 66.5 Å². The highest BCUT2D eigenvalue weighted by Gasteiger charge is 2.28. The third-order valence-electron chi connectivity index (χ3n) is 2.39. The van der Waals surface area contributed by atoms with E-state index in [9.17, 15) is 14.4 Å². The van der Waals surface area contributed by atoms with Crippen LogP contribution in [0.3, 0.4) is 0 Å². The molecule has 1 N–H and O–H groups in total. The SMILES string of the molecule is O=C1CN(C(=O)c2cc(Cl)ccc2Br)CC(=O)N1. The van der Waals surface area contributed by atoms with Crippen LogP contribution in [0.25, 0.3) is 0 Å². The van der Waals surface area contributed by atoms with Crippen LogP contribution in [-0.2, 0) is 9.59 Å². The van der Waals surface area contributed by atoms with E-state index in [2.05, 4.69) is 21.2 Å². The molecule has 3 amide bonds. The first-order chi connectivity index (χ1) is 8.47. The Morgan fingerprint density at radius 3 is 2.50 bits per heavy atom. The molecule has 0 radical (unpaired) electrons. The van der Waals surface area contributed by atoms with Crippen LogP contribution in [0, 0.1) is 0 Å². The molecule has 0 unspecified atom stereocenters. The number of hydrogen-bond donors (Lipinski definition) is 1. The van der Waals surface area contributed by atoms with Crippen LogP contribution in [0.5, 0.6) is 0 Å². The molecule has 2 rings (SSSR count). The smallest absolute Gasteiger partial charge is 0.255 e. The summed E-state index contributed by atoms with van der Waals surface area (Å²) in [5.41, 5.74) is 0.324. The Morgan fingerprint density at radius 2 is 1.89 bits per heavy atom. The Balaban J connectivity index is 2.28. The standard InChI is InChI=1S/C11H8BrClN2O3/c12-8-2-1-6(13)3-7(8)11(18)15-4-9(16)14-10(17)5-15/h1-3H,4-5H2,(H,14,16,17). The minimum atomic E-state index is -0.488. The molecule has 0 aliphatic carbocycles. The van der Waals surface area contributed by atoms with E-state index in [1.807, 2.05) is 0 Å². The number of halogens is 2. The average Bonchev–Trinajstić information content (AvgIpc) is 2.30. The van der Waals surface area contributed by atoms with Crippen LogP contribution < -0.4 is 5.32 Å². The second-order valence-electron chi connectivity index (χ2n) is 3.76. The number of benzene rings is 1. The van der Waals surface area contributed by atoms with Crippen LogP contribution in [0.1, 0.15) is 10.4 Å². The molecule has 1 saturated heterocycles. The number of rotatable bonds is 1. The highest BCUT2D eigenvalue weighted by Crippen LogP contribution is 2.22. The van der Waals surface area contributed by atoms with Crippen molar-refractivity contribution in [1.29, 1.82) is 0 Å². The summed E-state index contributed by atoms with van der Waals surface area (Å²) in [7, 11) is 0. The van der Waals surface area contributed by atoms with Gasteiger partial charge in [-0.25, -0.2) is 0 Å². The molecule has 1 aromatic rings. The molecule has 1 fully saturated rings. The maximum absolute atomic E-state index is 12.2. The molecule has 7 heteroatoms. The number of nitrogens with one attached hydrogen (secondary N) is 1. The van der Waals surface area contributed by atoms with Crippen molar-refractivity contribution in [1.82, 2.24) is 10.2 Å². The number of amides is 3. The minimum absolute atomic E-state index is 0.135. The summed E-state index contributed by atoms with van der Waals surface area (Å²) in [4.78, 5) is 35.8. The maximum Gasteiger partial charge on any atom is 0.255 e. The number of nitrogens with zero attached hydrogens (tertiary/aromatic N) is 1. The van der Waals surface area contributed by atoms with E-state index in [0.717, 1.165) is 0 Å². The van der Waals surface area contributed by atoms with E-state index in [0.29, 0.717) is 15.1 Å². The van der Waals surface area contributed by atoms with E-state index >= 15 is 0 Å². The summed E-state index contributed by atoms with van der Waals surface area (Å²) in [6.45, 7) is -0.271. The second kappa shape index (κ2) is 5.07. The van der Waals surface area contributed by atoms with Gasteiger partial charge in [0.2, 0.25) is 11.8 Å². The quantitative estimate of drug-likeness (QED) is 0.786. The normalized spacial score (nSPS) is 15.6. The van der Waals surface area contributed by atoms with Crippen LogP contribution in [-0.4, -0.2) is 35.7 Å². The van der Waals surface area contributed by atoms with Crippen LogP contribution >= 0.6 is 27.5 Å². The highest BCUT2D eigenvalue weighted by atomic mass is 79.9. The maximum atomic E-state index is 12.2. The van der Waals surface area contributed by atoms with E-state index in [-0.39, 0.29) is 13.1 Å². The van der Waals surface area contributed by atoms with Crippen molar-refractivity contribution in [3.8, 4) is 0 Å². The zero-order chi connectivity index (χ0) is 13.3. The van der Waals surface area contributed by atoms with E-state index in [4.69, 9.17) is 11.6 Å². The van der Waals surface area contributed by atoms with Gasteiger partial charge in [-0.2, -0.15) is 0 Å². The summed E-state index contributed by atoms with van der Waals surface area (Å²) >= 11 is 9.06. The van der Waals surface area contributed by atoms with Crippen LogP contribution in [0.4, 0.5) is 0 Å². The zero-order valence-electron chi connectivity index (χ0n) is 9.07. The van der Waals surface area contributed by atoms with Crippen LogP contribution in [0.2, 0.25) is 5.02 Å². The van der Waals surface area contributed by atoms with E-state index in [1.165, 1.54) is 11.0 Å². The summed E-state index contributed by atoms with van der Waals surface area (Å²) in [6.07, 6.45) is 0. The molecular formula is C11H8BrClN2O3. The van der Waals surface area contributed by atoms with Gasteiger partial charge in [-0.05, 0) is 34.1 Å². The first-order valence-corrected chi connectivity index (χ1v) is 6.21. The fourth-order valence-corrected chi connectivity index (χ4v) is 2.20. The van der Waals surface area contributed by atoms with Gasteiger partial charge in [-0.1, -0.05) is 11.6 Å². The monoisotopic (exact) mass is 330 g/mol. The first kappa shape index (κ1) is 13.0. The molecule has 0 atom stereocenters. The Bertz CT molecular complexity index is 531. The number of carbonyl (C=O) groups is 3. The predicted molar refractivity (Wildman–Crippen MR) is 68.2 cm³/mol. The lowest BCUT2D eigenvalue weighted by Gasteiger charge is -2.25. The van der Waals surface area contributed by atoms with Gasteiger partial charge in [0.25, 0.3) is 5.91 Å². The predicted octanol–water partition coefficient (Wildman–Crippen LogP) is 1.20. The molecule has 0 saturated carbocycles. The van der Waals surface area contributed by atoms with E-state index in [1.54, 1.807) is 12.1 Å². The van der Waals surface area contributed by atoms with Gasteiger partial charge >= 0.3 is 0 Å². The lowest BCUT2D eigenvalue weighted by atomic mass is 10.2. The van der Waals surface area contributed by atoms with Crippen molar-refractivity contribution in [3.05, 3.63) is 33.3 Å². The molecule has 1 heterocycles. The number of carbonyl (C=O) groups excluding carboxylic acids is 3. The Labute approximate surface area is 116 Å². The Kier molecular flexibility index (Phi) is 3.68. The summed E-state index contributed by atoms with van der Waals surface area (Å²) in [5, 5.41) is 2.54. The summed E-state index contributed by atoms with van der Waals surface area (Å²) in [6, 6.07) is 4.77. The first-order valence-electron chi connectivity index (χ1n) is 5.04. The lowest BCUT2D eigenvalue weighted by molar-refractivity contribution is -0.135. The van der Waals surface area contributed by atoms with Crippen molar-refractivity contribution in [3.63, 3.8) is 0 Å². The second-order valence-corrected chi connectivity index (χ2v) is 5.05. The van der Waals surface area contributed by atoms with Gasteiger partial charge in [0.15, 0.2) is 0 Å². The molecule has 0 bridgehead atoms. The van der Waals surface area contributed by atoms with Gasteiger partial charge in [-0.3, -0.25) is 19.7 Å². The van der Waals surface area contributed by atoms with Crippen molar-refractivity contribution in [2.45, 2.75) is 0 Å². The molecule has 0 aromatic heterocycles. The van der Waals surface area contributed by atoms with E-state index < -0.39 is 17.7 Å². The third kappa shape index (κ3) is 2.70. The number of hydrogen-bond acceptors (Lipinski definition) is 3. The number of imide groups is 1. The van der Waals surface area contributed by atoms with Crippen molar-refractivity contribution < 1.29 is 14.4 Å². The fraction of sp³-hybridized carbons (Fsp3) is 0.182. The van der Waals surface area contributed by atoms with Gasteiger partial charge in [0.05, 0.1) is 5.56 Å². The molecule has 5 nitrogen and oxygen atoms in total. The molecule has 0 spiro atoms. The highest BCUT2D eigenvalue weighted by molar-refractivity contribution is 9.10. The largest absolute Gasteiger partial charge is 0.320 e. The summed E-state index contributed by atoms with van der Waals surface area (Å²) in [5.74, 6) is -1.39. The third-order valence-corrected chi connectivity index (χ3v) is 3.32.